The lowest BCUT2D eigenvalue weighted by molar-refractivity contribution is -0.122. The Kier molecular flexibility index (Phi) is 49.4. The summed E-state index contributed by atoms with van der Waals surface area (Å²) in [7, 11) is -6.46. The van der Waals surface area contributed by atoms with Crippen molar-refractivity contribution in [3.8, 4) is 0 Å². The zero-order valence-electron chi connectivity index (χ0n) is 81.6. The molecule has 147 heavy (non-hydrogen) atoms. The van der Waals surface area contributed by atoms with Gasteiger partial charge in [-0.15, -0.1) is 0 Å². The van der Waals surface area contributed by atoms with E-state index in [9.17, 15) is 57.3 Å². The molecule has 0 aliphatic heterocycles. The second kappa shape index (κ2) is 61.0. The maximum Gasteiger partial charge on any atom is 0.228 e. The van der Waals surface area contributed by atoms with Crippen molar-refractivity contribution in [3.05, 3.63) is 170 Å². The molecule has 23 N–H and O–H groups in total. The van der Waals surface area contributed by atoms with Gasteiger partial charge in [-0.2, -0.15) is 0 Å². The highest BCUT2D eigenvalue weighted by molar-refractivity contribution is 9.11. The number of aromatic nitrogens is 10. The van der Waals surface area contributed by atoms with E-state index in [-0.39, 0.29) is 145 Å². The van der Waals surface area contributed by atoms with E-state index in [2.05, 4.69) is 199 Å². The van der Waals surface area contributed by atoms with Gasteiger partial charge in [0.05, 0.1) is 62.7 Å². The van der Waals surface area contributed by atoms with Gasteiger partial charge in [-0.1, -0.05) is 150 Å². The minimum atomic E-state index is -3.26. The number of hydrogen-bond acceptors (Lipinski definition) is 42. The van der Waals surface area contributed by atoms with Gasteiger partial charge < -0.3 is 53.4 Å². The molecule has 0 spiro atoms. The summed E-state index contributed by atoms with van der Waals surface area (Å²) in [5.41, 5.74) is 19.7. The van der Waals surface area contributed by atoms with Gasteiger partial charge in [0, 0.05) is 110 Å². The first-order valence-electron chi connectivity index (χ1n) is 46.0. The lowest BCUT2D eigenvalue weighted by Crippen LogP contribution is -2.33. The van der Waals surface area contributed by atoms with Gasteiger partial charge in [-0.05, 0) is 245 Å². The van der Waals surface area contributed by atoms with Crippen molar-refractivity contribution in [2.45, 2.75) is 176 Å². The fourth-order valence-electron chi connectivity index (χ4n) is 12.9. The molecular weight excluding hydrogens is 2280 g/mol. The Balaban J connectivity index is 0.000000224. The highest BCUT2D eigenvalue weighted by atomic mass is 79.9. The first-order chi connectivity index (χ1) is 70.2. The molecule has 2 fully saturated rings. The van der Waals surface area contributed by atoms with Crippen LogP contribution < -0.4 is 69.9 Å². The van der Waals surface area contributed by atoms with Crippen LogP contribution >= 0.6 is 79.6 Å². The minimum Gasteiger partial charge on any atom is -0.365 e. The molecule has 0 radical (unpaired) electrons. The number of hydrogen-bond donors (Lipinski definition) is 23. The largest absolute Gasteiger partial charge is 0.365 e. The van der Waals surface area contributed by atoms with Crippen LogP contribution in [0.3, 0.4) is 0 Å². The SMILES string of the molecule is CCC(=O)NC(=N)CCCNc1nonc1C(=Nc1ccc(C)c(Br)c1)NO.Cc1ccc(N=C(NO)c2nonc2NCCCC(=N)CS(=O)(=O)C2CCCCC2)cc1Br.Cc1ccc(N=C(NO)c2nonc2NCCCC(=N)CS(C)(=O)=O)cc1Br.Cc1ccc(N=C(NO)c2nonc2NCCCC(=N)NC(=O)C(C)C)cc1Br.Cc1ccc(N=C(NO)c2nonc2NCCCC(=N)NC(=O)C2CC2)cc1Br. The van der Waals surface area contributed by atoms with Gasteiger partial charge in [-0.25, -0.2) is 64.9 Å². The van der Waals surface area contributed by atoms with Crippen LogP contribution in [0.4, 0.5) is 57.5 Å². The van der Waals surface area contributed by atoms with Crippen LogP contribution in [0.1, 0.15) is 193 Å². The van der Waals surface area contributed by atoms with E-state index in [1.807, 2.05) is 111 Å². The molecule has 0 saturated heterocycles. The molecule has 50 nitrogen and oxygen atoms in total. The Morgan fingerprint density at radius 2 is 0.653 bits per heavy atom. The molecule has 5 aromatic heterocycles. The number of carbonyl (C=O) groups is 3. The van der Waals surface area contributed by atoms with Crippen LogP contribution in [0.5, 0.6) is 0 Å². The third-order valence-electron chi connectivity index (χ3n) is 21.2. The summed E-state index contributed by atoms with van der Waals surface area (Å²) in [4.78, 5) is 56.1. The number of nitrogens with one attached hydrogen (secondary N) is 18. The number of anilines is 5. The molecule has 792 valence electrons. The lowest BCUT2D eigenvalue weighted by atomic mass is 10.0. The number of sulfone groups is 2. The molecule has 2 aliphatic carbocycles. The number of rotatable bonds is 43. The van der Waals surface area contributed by atoms with Crippen molar-refractivity contribution in [1.82, 2.24) is 94.9 Å². The smallest absolute Gasteiger partial charge is 0.228 e. The first-order valence-corrected chi connectivity index (χ1v) is 53.7. The number of halogens is 5. The summed E-state index contributed by atoms with van der Waals surface area (Å²) in [5, 5.41) is 147. The molecule has 2 aliphatic rings. The number of aliphatic imine (C=N–C) groups is 5. The summed E-state index contributed by atoms with van der Waals surface area (Å²) in [6.45, 7) is 17.3. The number of carbonyl (C=O) groups excluding carboxylic acids is 3. The number of amidine groups is 8. The standard InChI is InChI=1S/C21H29BrN6O4S.C18H22BrN7O3.C18H24BrN7O3.C17H22BrN7O3.C16H21BrN6O4S/c1-14-9-10-16(12-18(14)22)25-21(26-29)19-20(28-32-27-19)24-11-5-6-15(23)13-33(30,31)17-7-3-2-4-8-17;1-10-4-7-12(9-13(10)19)22-17(24-28)15-16(26-29-25-15)21-8-2-3-14(20)23-18(27)11-5-6-11;1-10(2)18(27)23-14(20)5-4-8-21-16-15(25-29-26-16)17(24-28)22-12-7-6-11(3)13(19)9-12;1-3-14(26)22-13(19)5-4-8-20-16-15(24-28-25-16)17(23-27)21-11-7-6-10(2)12(18)9-11;1-10-5-6-12(8-13(10)17)20-16(21-24)14-15(23-27-22-14)19-7-3-4-11(18)9-28(2,25)26/h9-10,12,17,23,29H,2-8,11,13H2,1H3,(H,24,28)(H,25,26);4,7,9,11,28H,2-3,5-6,8H2,1H3,(H,21,26)(H,22,24)(H2,20,23,27);6-7,9-10,28H,4-5,8H2,1-3H3,(H,21,26)(H,22,24)(H2,20,23,27);6-7,9,27H,3-5,8H2,1-2H3,(H,20,25)(H,21,23)(H2,19,22,26);5-6,8,18,24H,3-4,7,9H2,1-2H3,(H,19,23)(H,20,21). The molecule has 2 saturated carbocycles. The van der Waals surface area contributed by atoms with Crippen LogP contribution in [0.2, 0.25) is 0 Å². The van der Waals surface area contributed by atoms with Gasteiger partial charge in [0.1, 0.15) is 0 Å². The Bertz CT molecular complexity index is 6400. The van der Waals surface area contributed by atoms with Crippen molar-refractivity contribution >= 4 is 233 Å². The average molecular weight is 2400 g/mol. The normalized spacial score (nSPS) is 12.9. The van der Waals surface area contributed by atoms with Crippen molar-refractivity contribution in [1.29, 1.82) is 27.0 Å². The Morgan fingerprint density at radius 1 is 0.388 bits per heavy atom. The highest BCUT2D eigenvalue weighted by Crippen LogP contribution is 2.33. The molecule has 5 aromatic carbocycles. The summed E-state index contributed by atoms with van der Waals surface area (Å²) in [6.07, 6.45) is 12.4. The van der Waals surface area contributed by atoms with E-state index in [0.717, 1.165) is 88.5 Å². The van der Waals surface area contributed by atoms with Crippen LogP contribution in [0, 0.1) is 73.5 Å². The van der Waals surface area contributed by atoms with Gasteiger partial charge in [0.25, 0.3) is 0 Å². The van der Waals surface area contributed by atoms with Crippen LogP contribution in [-0.4, -0.2) is 226 Å². The molecular formula is C90H118Br5N33O17S2. The fourth-order valence-corrected chi connectivity index (χ4v) is 17.4. The first kappa shape index (κ1) is 119. The van der Waals surface area contributed by atoms with E-state index in [1.165, 1.54) is 0 Å². The quantitative estimate of drug-likeness (QED) is 0.00730. The van der Waals surface area contributed by atoms with Gasteiger partial charge >= 0.3 is 0 Å². The van der Waals surface area contributed by atoms with Crippen LogP contribution in [0.15, 0.2) is 161 Å². The zero-order valence-corrected chi connectivity index (χ0v) is 91.2. The van der Waals surface area contributed by atoms with Crippen LogP contribution in [-0.2, 0) is 34.1 Å². The lowest BCUT2D eigenvalue weighted by Gasteiger charge is -2.21. The number of benzene rings is 5. The second-order valence-electron chi connectivity index (χ2n) is 33.6. The number of aryl methyl sites for hydroxylation is 5. The maximum absolute atomic E-state index is 12.5. The topological polar surface area (TPSA) is 753 Å². The highest BCUT2D eigenvalue weighted by Gasteiger charge is 2.32. The summed E-state index contributed by atoms with van der Waals surface area (Å²) in [6, 6.07) is 27.5. The molecule has 0 atom stereocenters. The van der Waals surface area contributed by atoms with Gasteiger partial charge in [-0.3, -0.25) is 84.0 Å². The third kappa shape index (κ3) is 41.0. The van der Waals surface area contributed by atoms with E-state index >= 15 is 0 Å². The monoisotopic (exact) mass is 2390 g/mol. The Morgan fingerprint density at radius 3 is 0.905 bits per heavy atom. The van der Waals surface area contributed by atoms with Gasteiger partial charge in [0.2, 0.25) is 46.8 Å². The molecule has 12 rings (SSSR count). The van der Waals surface area contributed by atoms with E-state index in [1.54, 1.807) is 63.2 Å². The Hall–Kier alpha value is -13.0. The molecule has 10 aromatic rings. The third-order valence-corrected chi connectivity index (χ3v) is 28.5. The van der Waals surface area contributed by atoms with E-state index < -0.39 is 19.7 Å². The number of hydroxylamine groups is 5. The van der Waals surface area contributed by atoms with E-state index in [4.69, 9.17) is 50.2 Å². The predicted molar refractivity (Wildman–Crippen MR) is 571 cm³/mol. The van der Waals surface area contributed by atoms with Gasteiger partial charge in [0.15, 0.2) is 77.3 Å². The second-order valence-corrected chi connectivity index (χ2v) is 42.3. The summed E-state index contributed by atoms with van der Waals surface area (Å²) < 4.78 is 75.6. The Labute approximate surface area is 888 Å². The average Bonchev–Trinajstić information content (AvgIpc) is 1.43. The number of amides is 3. The van der Waals surface area contributed by atoms with Crippen molar-refractivity contribution in [2.24, 2.45) is 36.8 Å². The van der Waals surface area contributed by atoms with Crippen molar-refractivity contribution in [3.63, 3.8) is 0 Å². The zero-order chi connectivity index (χ0) is 107. The predicted octanol–water partition coefficient (Wildman–Crippen LogP) is 15.5. The van der Waals surface area contributed by atoms with Crippen molar-refractivity contribution in [2.75, 3.05) is 77.1 Å². The molecule has 3 amide bonds. The van der Waals surface area contributed by atoms with Crippen molar-refractivity contribution < 1.29 is 80.4 Å². The summed E-state index contributed by atoms with van der Waals surface area (Å²) >= 11 is 17.2. The van der Waals surface area contributed by atoms with E-state index in [0.29, 0.717) is 162 Å². The minimum absolute atomic E-state index is 0.0457. The maximum atomic E-state index is 12.5. The molecule has 57 heteroatoms. The molecule has 0 bridgehead atoms. The van der Waals surface area contributed by atoms with Crippen LogP contribution in [0.25, 0.3) is 0 Å². The molecule has 5 heterocycles. The fraction of sp³-hybridized carbons (Fsp3) is 0.411. The molecule has 0 unspecified atom stereocenters. The number of nitrogens with zero attached hydrogens (tertiary/aromatic N) is 15. The summed E-state index contributed by atoms with van der Waals surface area (Å²) in [5.74, 6) is 1.36.